The van der Waals surface area contributed by atoms with Gasteiger partial charge in [-0.25, -0.2) is 0 Å². The number of ether oxygens (including phenoxy) is 1. The van der Waals surface area contributed by atoms with Crippen molar-refractivity contribution in [1.82, 2.24) is 4.98 Å². The van der Waals surface area contributed by atoms with Crippen LogP contribution in [0.5, 0.6) is 5.75 Å². The van der Waals surface area contributed by atoms with Gasteiger partial charge in [0.1, 0.15) is 12.4 Å². The molecule has 0 amide bonds. The van der Waals surface area contributed by atoms with Crippen molar-refractivity contribution >= 4 is 0 Å². The van der Waals surface area contributed by atoms with E-state index in [-0.39, 0.29) is 12.5 Å². The van der Waals surface area contributed by atoms with Crippen molar-refractivity contribution in [2.24, 2.45) is 11.7 Å². The van der Waals surface area contributed by atoms with Crippen molar-refractivity contribution in [1.29, 1.82) is 0 Å². The molecule has 4 nitrogen and oxygen atoms in total. The molecule has 1 aromatic rings. The quantitative estimate of drug-likeness (QED) is 0.818. The molecule has 1 aromatic heterocycles. The van der Waals surface area contributed by atoms with Crippen molar-refractivity contribution in [3.05, 3.63) is 23.5 Å². The van der Waals surface area contributed by atoms with Crippen LogP contribution in [0.4, 0.5) is 0 Å². The normalized spacial score (nSPS) is 14.8. The summed E-state index contributed by atoms with van der Waals surface area (Å²) in [6.45, 7) is 8.17. The van der Waals surface area contributed by atoms with Crippen molar-refractivity contribution in [2.75, 3.05) is 6.61 Å². The van der Waals surface area contributed by atoms with Gasteiger partial charge in [0, 0.05) is 12.2 Å². The average molecular weight is 238 g/mol. The van der Waals surface area contributed by atoms with Crippen LogP contribution in [0.3, 0.4) is 0 Å². The summed E-state index contributed by atoms with van der Waals surface area (Å²) < 4.78 is 5.62. The second-order valence-corrected chi connectivity index (χ2v) is 4.90. The molecule has 1 unspecified atom stereocenters. The second-order valence-electron chi connectivity index (χ2n) is 4.90. The number of aromatic nitrogens is 1. The number of pyridine rings is 1. The number of nitrogens with two attached hydrogens (primary N) is 1. The van der Waals surface area contributed by atoms with Gasteiger partial charge in [-0.3, -0.25) is 4.98 Å². The fourth-order valence-corrected chi connectivity index (χ4v) is 1.27. The monoisotopic (exact) mass is 238 g/mol. The predicted octanol–water partition coefficient (Wildman–Crippen LogP) is 1.63. The van der Waals surface area contributed by atoms with E-state index >= 15 is 0 Å². The first-order valence-electron chi connectivity index (χ1n) is 5.88. The van der Waals surface area contributed by atoms with Crippen LogP contribution in [0.2, 0.25) is 0 Å². The minimum atomic E-state index is -0.850. The molecule has 0 spiro atoms. The molecule has 1 rings (SSSR count). The summed E-state index contributed by atoms with van der Waals surface area (Å²) in [7, 11) is 0. The molecule has 0 saturated heterocycles. The van der Waals surface area contributed by atoms with Crippen LogP contribution in [0, 0.1) is 12.8 Å². The highest BCUT2D eigenvalue weighted by molar-refractivity contribution is 5.29. The Kier molecular flexibility index (Phi) is 4.48. The second kappa shape index (κ2) is 5.47. The Morgan fingerprint density at radius 3 is 2.65 bits per heavy atom. The van der Waals surface area contributed by atoms with Gasteiger partial charge in [0.2, 0.25) is 0 Å². The molecule has 96 valence electrons. The lowest BCUT2D eigenvalue weighted by atomic mass is 9.94. The Labute approximate surface area is 103 Å². The number of aliphatic hydroxyl groups is 1. The minimum absolute atomic E-state index is 0.127. The standard InChI is InChI=1S/C13H22N2O2/c1-9(2)13(4,16)8-17-12-6-5-10(3)15-11(12)7-14/h5-6,9,16H,7-8,14H2,1-4H3. The average Bonchev–Trinajstić information content (AvgIpc) is 2.27. The Hall–Kier alpha value is -1.13. The van der Waals surface area contributed by atoms with Gasteiger partial charge in [-0.2, -0.15) is 0 Å². The third-order valence-electron chi connectivity index (χ3n) is 3.03. The van der Waals surface area contributed by atoms with E-state index in [1.165, 1.54) is 0 Å². The van der Waals surface area contributed by atoms with Gasteiger partial charge < -0.3 is 15.6 Å². The van der Waals surface area contributed by atoms with E-state index in [1.54, 1.807) is 6.92 Å². The van der Waals surface area contributed by atoms with Crippen LogP contribution in [-0.2, 0) is 6.54 Å². The van der Waals surface area contributed by atoms with Crippen LogP contribution in [0.15, 0.2) is 12.1 Å². The van der Waals surface area contributed by atoms with Crippen molar-refractivity contribution in [2.45, 2.75) is 39.8 Å². The Bertz CT molecular complexity index is 376. The van der Waals surface area contributed by atoms with Gasteiger partial charge in [0.15, 0.2) is 0 Å². The maximum absolute atomic E-state index is 10.1. The predicted molar refractivity (Wildman–Crippen MR) is 67.8 cm³/mol. The molecule has 0 aliphatic carbocycles. The van der Waals surface area contributed by atoms with E-state index < -0.39 is 5.60 Å². The maximum Gasteiger partial charge on any atom is 0.142 e. The molecular formula is C13H22N2O2. The molecule has 1 atom stereocenters. The summed E-state index contributed by atoms with van der Waals surface area (Å²) in [6.07, 6.45) is 0. The lowest BCUT2D eigenvalue weighted by Gasteiger charge is -2.27. The van der Waals surface area contributed by atoms with Crippen LogP contribution >= 0.6 is 0 Å². The topological polar surface area (TPSA) is 68.4 Å². The first-order chi connectivity index (χ1) is 7.86. The third kappa shape index (κ3) is 3.68. The molecule has 0 bridgehead atoms. The van der Waals surface area contributed by atoms with Crippen LogP contribution in [0.1, 0.15) is 32.2 Å². The molecular weight excluding hydrogens is 216 g/mol. The number of nitrogens with zero attached hydrogens (tertiary/aromatic N) is 1. The number of hydrogen-bond donors (Lipinski definition) is 2. The lowest BCUT2D eigenvalue weighted by molar-refractivity contribution is -0.0269. The molecule has 0 fully saturated rings. The van der Waals surface area contributed by atoms with Gasteiger partial charge >= 0.3 is 0 Å². The van der Waals surface area contributed by atoms with Crippen molar-refractivity contribution in [3.63, 3.8) is 0 Å². The highest BCUT2D eigenvalue weighted by Gasteiger charge is 2.26. The molecule has 0 aliphatic heterocycles. The fraction of sp³-hybridized carbons (Fsp3) is 0.615. The number of hydrogen-bond acceptors (Lipinski definition) is 4. The molecule has 0 radical (unpaired) electrons. The first-order valence-corrected chi connectivity index (χ1v) is 5.88. The molecule has 3 N–H and O–H groups in total. The summed E-state index contributed by atoms with van der Waals surface area (Å²) >= 11 is 0. The van der Waals surface area contributed by atoms with Gasteiger partial charge in [-0.15, -0.1) is 0 Å². The zero-order chi connectivity index (χ0) is 13.1. The molecule has 4 heteroatoms. The van der Waals surface area contributed by atoms with E-state index in [9.17, 15) is 5.11 Å². The van der Waals surface area contributed by atoms with E-state index in [2.05, 4.69) is 4.98 Å². The lowest BCUT2D eigenvalue weighted by Crippen LogP contribution is -2.38. The van der Waals surface area contributed by atoms with E-state index in [0.717, 1.165) is 11.4 Å². The summed E-state index contributed by atoms with van der Waals surface area (Å²) in [4.78, 5) is 4.31. The highest BCUT2D eigenvalue weighted by Crippen LogP contribution is 2.21. The van der Waals surface area contributed by atoms with Crippen molar-refractivity contribution < 1.29 is 9.84 Å². The van der Waals surface area contributed by atoms with E-state index in [0.29, 0.717) is 12.3 Å². The van der Waals surface area contributed by atoms with Crippen LogP contribution in [0.25, 0.3) is 0 Å². The third-order valence-corrected chi connectivity index (χ3v) is 3.03. The fourth-order valence-electron chi connectivity index (χ4n) is 1.27. The Balaban J connectivity index is 2.76. The van der Waals surface area contributed by atoms with Gasteiger partial charge in [-0.05, 0) is 31.9 Å². The SMILES string of the molecule is Cc1ccc(OCC(C)(O)C(C)C)c(CN)n1. The molecule has 17 heavy (non-hydrogen) atoms. The van der Waals surface area contributed by atoms with Crippen LogP contribution < -0.4 is 10.5 Å². The zero-order valence-electron chi connectivity index (χ0n) is 11.0. The Morgan fingerprint density at radius 1 is 1.47 bits per heavy atom. The smallest absolute Gasteiger partial charge is 0.142 e. The number of rotatable bonds is 5. The van der Waals surface area contributed by atoms with E-state index in [4.69, 9.17) is 10.5 Å². The van der Waals surface area contributed by atoms with Crippen molar-refractivity contribution in [3.8, 4) is 5.75 Å². The zero-order valence-corrected chi connectivity index (χ0v) is 11.0. The van der Waals surface area contributed by atoms with Gasteiger partial charge in [0.25, 0.3) is 0 Å². The summed E-state index contributed by atoms with van der Waals surface area (Å²) in [5.41, 5.74) is 6.40. The molecule has 0 aliphatic rings. The number of aryl methyl sites for hydroxylation is 1. The minimum Gasteiger partial charge on any atom is -0.489 e. The Morgan fingerprint density at radius 2 is 2.12 bits per heavy atom. The molecule has 0 aromatic carbocycles. The van der Waals surface area contributed by atoms with Crippen LogP contribution in [-0.4, -0.2) is 22.3 Å². The first kappa shape index (κ1) is 13.9. The highest BCUT2D eigenvalue weighted by atomic mass is 16.5. The summed E-state index contributed by atoms with van der Waals surface area (Å²) in [5, 5.41) is 10.1. The summed E-state index contributed by atoms with van der Waals surface area (Å²) in [6, 6.07) is 3.72. The van der Waals surface area contributed by atoms with Gasteiger partial charge in [0.05, 0.1) is 11.3 Å². The maximum atomic E-state index is 10.1. The van der Waals surface area contributed by atoms with Gasteiger partial charge in [-0.1, -0.05) is 13.8 Å². The largest absolute Gasteiger partial charge is 0.489 e. The molecule has 0 saturated carbocycles. The van der Waals surface area contributed by atoms with E-state index in [1.807, 2.05) is 32.9 Å². The molecule has 1 heterocycles. The summed E-state index contributed by atoms with van der Waals surface area (Å²) in [5.74, 6) is 0.779.